The van der Waals surface area contributed by atoms with Gasteiger partial charge in [-0.1, -0.05) is 12.1 Å². The van der Waals surface area contributed by atoms with Gasteiger partial charge in [0.05, 0.1) is 22.2 Å². The lowest BCUT2D eigenvalue weighted by atomic mass is 10.0. The molecular formula is C22H18FN3O3. The quantitative estimate of drug-likeness (QED) is 0.409. The Kier molecular flexibility index (Phi) is 4.50. The van der Waals surface area contributed by atoms with Crippen LogP contribution in [0.4, 0.5) is 10.1 Å². The van der Waals surface area contributed by atoms with Crippen LogP contribution in [0.2, 0.25) is 0 Å². The minimum Gasteiger partial charge on any atom is -0.507 e. The molecule has 2 aromatic heterocycles. The molecule has 0 spiro atoms. The number of carbonyl (C=O) groups is 1. The molecule has 4 rings (SSSR count). The average molecular weight is 391 g/mol. The summed E-state index contributed by atoms with van der Waals surface area (Å²) in [5.74, 6) is -1.58. The highest BCUT2D eigenvalue weighted by Crippen LogP contribution is 2.25. The fourth-order valence-electron chi connectivity index (χ4n) is 3.24. The molecule has 6 nitrogen and oxygen atoms in total. The number of hydrogen-bond donors (Lipinski definition) is 2. The van der Waals surface area contributed by atoms with Crippen molar-refractivity contribution in [3.05, 3.63) is 82.0 Å². The zero-order valence-corrected chi connectivity index (χ0v) is 15.8. The number of nitrogens with one attached hydrogen (secondary N) is 1. The number of aromatic nitrogens is 2. The number of carbonyl (C=O) groups excluding carboxylic acids is 1. The van der Waals surface area contributed by atoms with Crippen molar-refractivity contribution in [2.45, 2.75) is 19.9 Å². The van der Waals surface area contributed by atoms with Crippen molar-refractivity contribution in [2.75, 3.05) is 5.32 Å². The Morgan fingerprint density at radius 1 is 1.17 bits per heavy atom. The first kappa shape index (κ1) is 18.6. The van der Waals surface area contributed by atoms with Crippen LogP contribution in [0.15, 0.2) is 59.5 Å². The summed E-state index contributed by atoms with van der Waals surface area (Å²) in [6.45, 7) is 3.84. The van der Waals surface area contributed by atoms with Crippen LogP contribution in [0.5, 0.6) is 5.75 Å². The van der Waals surface area contributed by atoms with Gasteiger partial charge in [0.15, 0.2) is 11.4 Å². The first-order valence-electron chi connectivity index (χ1n) is 9.10. The second-order valence-corrected chi connectivity index (χ2v) is 7.06. The number of benzene rings is 2. The average Bonchev–Trinajstić information content (AvgIpc) is 2.69. The molecule has 2 aromatic carbocycles. The predicted octanol–water partition coefficient (Wildman–Crippen LogP) is 3.74. The molecule has 0 aliphatic rings. The highest BCUT2D eigenvalue weighted by Gasteiger charge is 2.19. The van der Waals surface area contributed by atoms with Crippen molar-refractivity contribution in [1.82, 2.24) is 9.38 Å². The summed E-state index contributed by atoms with van der Waals surface area (Å²) >= 11 is 0. The summed E-state index contributed by atoms with van der Waals surface area (Å²) in [7, 11) is 0. The van der Waals surface area contributed by atoms with E-state index in [0.717, 1.165) is 18.2 Å². The van der Waals surface area contributed by atoms with Crippen molar-refractivity contribution in [3.63, 3.8) is 0 Å². The molecule has 4 aromatic rings. The summed E-state index contributed by atoms with van der Waals surface area (Å²) in [6.07, 6.45) is 1.37. The predicted molar refractivity (Wildman–Crippen MR) is 109 cm³/mol. The van der Waals surface area contributed by atoms with Gasteiger partial charge in [0.1, 0.15) is 11.6 Å². The van der Waals surface area contributed by atoms with Crippen LogP contribution >= 0.6 is 0 Å². The molecule has 2 N–H and O–H groups in total. The Bertz CT molecular complexity index is 1330. The first-order valence-corrected chi connectivity index (χ1v) is 9.10. The van der Waals surface area contributed by atoms with Crippen LogP contribution in [0.1, 0.15) is 29.8 Å². The van der Waals surface area contributed by atoms with E-state index in [9.17, 15) is 19.1 Å². The monoisotopic (exact) mass is 391 g/mol. The maximum absolute atomic E-state index is 13.6. The number of fused-ring (bicyclic) bond motifs is 2. The number of para-hydroxylation sites is 1. The third kappa shape index (κ3) is 3.31. The highest BCUT2D eigenvalue weighted by atomic mass is 19.1. The molecule has 0 radical (unpaired) electrons. The highest BCUT2D eigenvalue weighted by molar-refractivity contribution is 6.11. The second-order valence-electron chi connectivity index (χ2n) is 7.06. The van der Waals surface area contributed by atoms with E-state index >= 15 is 0 Å². The standard InChI is InChI=1S/C22H18FN3O3/c1-12(2)24-18-9-13(20(28)16-10-14(23)7-8-19(16)27)11-26-21(18)25-17-6-4-3-5-15(17)22(26)29/h3-12,24,27H,1-2H3. The summed E-state index contributed by atoms with van der Waals surface area (Å²) in [5, 5.41) is 13.6. The van der Waals surface area contributed by atoms with Crippen LogP contribution in [0, 0.1) is 5.82 Å². The Hall–Kier alpha value is -3.74. The van der Waals surface area contributed by atoms with Gasteiger partial charge in [-0.2, -0.15) is 0 Å². The van der Waals surface area contributed by atoms with Crippen LogP contribution in [-0.2, 0) is 0 Å². The van der Waals surface area contributed by atoms with E-state index < -0.39 is 11.6 Å². The minimum atomic E-state index is -0.641. The lowest BCUT2D eigenvalue weighted by Gasteiger charge is -2.15. The smallest absolute Gasteiger partial charge is 0.265 e. The van der Waals surface area contributed by atoms with E-state index in [2.05, 4.69) is 10.3 Å². The Balaban J connectivity index is 2.01. The molecule has 0 saturated heterocycles. The van der Waals surface area contributed by atoms with Crippen molar-refractivity contribution < 1.29 is 14.3 Å². The molecule has 0 amide bonds. The van der Waals surface area contributed by atoms with Crippen LogP contribution in [0.3, 0.4) is 0 Å². The number of phenols is 1. The van der Waals surface area contributed by atoms with E-state index in [4.69, 9.17) is 0 Å². The van der Waals surface area contributed by atoms with E-state index in [1.807, 2.05) is 13.8 Å². The Labute approximate surface area is 165 Å². The molecular weight excluding hydrogens is 373 g/mol. The molecule has 0 aliphatic carbocycles. The number of halogens is 1. The molecule has 2 heterocycles. The lowest BCUT2D eigenvalue weighted by Crippen LogP contribution is -2.20. The fourth-order valence-corrected chi connectivity index (χ4v) is 3.24. The van der Waals surface area contributed by atoms with Gasteiger partial charge < -0.3 is 10.4 Å². The van der Waals surface area contributed by atoms with Crippen molar-refractivity contribution in [3.8, 4) is 5.75 Å². The topological polar surface area (TPSA) is 83.7 Å². The van der Waals surface area contributed by atoms with Crippen LogP contribution < -0.4 is 10.9 Å². The van der Waals surface area contributed by atoms with Gasteiger partial charge >= 0.3 is 0 Å². The summed E-state index contributed by atoms with van der Waals surface area (Å²) in [6, 6.07) is 11.7. The van der Waals surface area contributed by atoms with Gasteiger partial charge in [0, 0.05) is 17.8 Å². The summed E-state index contributed by atoms with van der Waals surface area (Å²) < 4.78 is 14.9. The SMILES string of the molecule is CC(C)Nc1cc(C(=O)c2cc(F)ccc2O)cn2c(=O)c3ccccc3nc12. The van der Waals surface area contributed by atoms with Crippen molar-refractivity contribution in [2.24, 2.45) is 0 Å². The van der Waals surface area contributed by atoms with E-state index in [-0.39, 0.29) is 28.5 Å². The molecule has 0 unspecified atom stereocenters. The van der Waals surface area contributed by atoms with Gasteiger partial charge in [0.25, 0.3) is 5.56 Å². The van der Waals surface area contributed by atoms with E-state index in [1.54, 1.807) is 30.3 Å². The minimum absolute atomic E-state index is 0.00935. The molecule has 0 saturated carbocycles. The maximum atomic E-state index is 13.6. The molecule has 0 atom stereocenters. The van der Waals surface area contributed by atoms with Gasteiger partial charge in [-0.25, -0.2) is 9.37 Å². The van der Waals surface area contributed by atoms with Crippen molar-refractivity contribution in [1.29, 1.82) is 0 Å². The first-order chi connectivity index (χ1) is 13.8. The number of ketones is 1. The third-order valence-electron chi connectivity index (χ3n) is 4.53. The third-order valence-corrected chi connectivity index (χ3v) is 4.53. The van der Waals surface area contributed by atoms with E-state index in [0.29, 0.717) is 22.2 Å². The summed E-state index contributed by atoms with van der Waals surface area (Å²) in [5.41, 5.74) is 1.04. The zero-order valence-electron chi connectivity index (χ0n) is 15.8. The normalized spacial score (nSPS) is 11.3. The van der Waals surface area contributed by atoms with Crippen molar-refractivity contribution >= 4 is 28.0 Å². The number of anilines is 1. The molecule has 29 heavy (non-hydrogen) atoms. The largest absolute Gasteiger partial charge is 0.507 e. The second kappa shape index (κ2) is 7.01. The zero-order chi connectivity index (χ0) is 20.7. The number of rotatable bonds is 4. The number of aromatic hydroxyl groups is 1. The Morgan fingerprint density at radius 3 is 2.69 bits per heavy atom. The van der Waals surface area contributed by atoms with E-state index in [1.165, 1.54) is 10.6 Å². The lowest BCUT2D eigenvalue weighted by molar-refractivity contribution is 0.103. The molecule has 0 bridgehead atoms. The number of hydrogen-bond acceptors (Lipinski definition) is 5. The number of pyridine rings is 1. The van der Waals surface area contributed by atoms with Gasteiger partial charge in [-0.05, 0) is 50.2 Å². The Morgan fingerprint density at radius 2 is 1.93 bits per heavy atom. The van der Waals surface area contributed by atoms with Gasteiger partial charge in [-0.15, -0.1) is 0 Å². The number of nitrogens with zero attached hydrogens (tertiary/aromatic N) is 2. The molecule has 0 aliphatic heterocycles. The fraction of sp³-hybridized carbons (Fsp3) is 0.136. The van der Waals surface area contributed by atoms with Gasteiger partial charge in [-0.3, -0.25) is 14.0 Å². The van der Waals surface area contributed by atoms with Crippen LogP contribution in [-0.4, -0.2) is 26.3 Å². The molecule has 146 valence electrons. The number of phenolic OH excluding ortho intramolecular Hbond substituents is 1. The maximum Gasteiger partial charge on any atom is 0.265 e. The van der Waals surface area contributed by atoms with Gasteiger partial charge in [0.2, 0.25) is 0 Å². The molecule has 0 fully saturated rings. The van der Waals surface area contributed by atoms with Crippen LogP contribution in [0.25, 0.3) is 16.6 Å². The molecule has 7 heteroatoms. The summed E-state index contributed by atoms with van der Waals surface area (Å²) in [4.78, 5) is 30.6.